The van der Waals surface area contributed by atoms with E-state index >= 15 is 0 Å². The van der Waals surface area contributed by atoms with Crippen molar-refractivity contribution in [3.05, 3.63) is 10.6 Å². The highest BCUT2D eigenvalue weighted by Crippen LogP contribution is 2.48. The molecule has 1 unspecified atom stereocenters. The second-order valence-electron chi connectivity index (χ2n) is 5.57. The number of nitrogens with one attached hydrogen (secondary N) is 1. The number of carbonyl (C=O) groups is 3. The summed E-state index contributed by atoms with van der Waals surface area (Å²) in [6.07, 6.45) is 0.609. The lowest BCUT2D eigenvalue weighted by atomic mass is 9.85. The van der Waals surface area contributed by atoms with E-state index in [-0.39, 0.29) is 34.7 Å². The van der Waals surface area contributed by atoms with Crippen LogP contribution in [0.15, 0.2) is 10.6 Å². The molecule has 0 aromatic carbocycles. The average molecular weight is 358 g/mol. The monoisotopic (exact) mass is 358 g/mol. The van der Waals surface area contributed by atoms with Crippen molar-refractivity contribution < 1.29 is 19.5 Å². The van der Waals surface area contributed by atoms with Crippen molar-refractivity contribution >= 4 is 41.3 Å². The van der Waals surface area contributed by atoms with E-state index in [0.717, 1.165) is 10.7 Å². The van der Waals surface area contributed by atoms with Gasteiger partial charge in [-0.2, -0.15) is 11.8 Å². The predicted molar refractivity (Wildman–Crippen MR) is 92.1 cm³/mol. The first-order valence-corrected chi connectivity index (χ1v) is 9.70. The fraction of sp³-hybridized carbons (Fsp3) is 0.667. The zero-order valence-corrected chi connectivity index (χ0v) is 15.1. The normalized spacial score (nSPS) is 24.3. The minimum absolute atomic E-state index is 0.0223. The van der Waals surface area contributed by atoms with Crippen LogP contribution >= 0.6 is 23.5 Å². The molecule has 2 heterocycles. The van der Waals surface area contributed by atoms with Crippen molar-refractivity contribution in [1.29, 1.82) is 0 Å². The van der Waals surface area contributed by atoms with Gasteiger partial charge in [0.1, 0.15) is 5.70 Å². The number of carboxylic acid groups (broad SMARTS) is 1. The minimum Gasteiger partial charge on any atom is -0.477 e. The number of rotatable bonds is 8. The van der Waals surface area contributed by atoms with Gasteiger partial charge in [0, 0.05) is 35.8 Å². The third-order valence-corrected chi connectivity index (χ3v) is 6.33. The van der Waals surface area contributed by atoms with Gasteiger partial charge in [0.05, 0.1) is 12.0 Å². The molecule has 1 saturated heterocycles. The second kappa shape index (κ2) is 7.61. The molecule has 0 bridgehead atoms. The third-order valence-electron chi connectivity index (χ3n) is 4.06. The summed E-state index contributed by atoms with van der Waals surface area (Å²) in [7, 11) is 0. The van der Waals surface area contributed by atoms with Crippen LogP contribution in [-0.2, 0) is 14.4 Å². The molecule has 0 aromatic heterocycles. The third kappa shape index (κ3) is 3.68. The molecule has 2 aliphatic heterocycles. The number of hydrogen-bond acceptors (Lipinski definition) is 5. The molecule has 128 valence electrons. The second-order valence-corrected chi connectivity index (χ2v) is 8.42. The Bertz CT molecular complexity index is 550. The fourth-order valence-corrected chi connectivity index (χ4v) is 5.21. The van der Waals surface area contributed by atoms with E-state index < -0.39 is 5.97 Å². The van der Waals surface area contributed by atoms with Gasteiger partial charge in [0.25, 0.3) is 0 Å². The maximum Gasteiger partial charge on any atom is 0.353 e. The first-order chi connectivity index (χ1) is 10.9. The van der Waals surface area contributed by atoms with Gasteiger partial charge in [0.15, 0.2) is 0 Å². The van der Waals surface area contributed by atoms with Crippen LogP contribution in [0, 0.1) is 5.92 Å². The SMILES string of the molecule is CCSC(C)[C@H]1C(=O)N2C(C(=O)O)=C(SCCNC(C)=O)C[C@H]12. The van der Waals surface area contributed by atoms with Gasteiger partial charge in [-0.3, -0.25) is 9.59 Å². The molecular formula is C15H22N2O4S2. The summed E-state index contributed by atoms with van der Waals surface area (Å²) in [4.78, 5) is 37.0. The zero-order chi connectivity index (χ0) is 17.1. The first-order valence-electron chi connectivity index (χ1n) is 7.66. The van der Waals surface area contributed by atoms with Gasteiger partial charge < -0.3 is 15.3 Å². The van der Waals surface area contributed by atoms with E-state index in [1.165, 1.54) is 23.6 Å². The Hall–Kier alpha value is -1.15. The predicted octanol–water partition coefficient (Wildman–Crippen LogP) is 1.52. The Kier molecular flexibility index (Phi) is 6.02. The molecule has 23 heavy (non-hydrogen) atoms. The van der Waals surface area contributed by atoms with Crippen molar-refractivity contribution in [2.45, 2.75) is 38.5 Å². The van der Waals surface area contributed by atoms with Gasteiger partial charge in [0.2, 0.25) is 11.8 Å². The number of nitrogens with zero attached hydrogens (tertiary/aromatic N) is 1. The summed E-state index contributed by atoms with van der Waals surface area (Å²) < 4.78 is 0. The molecule has 2 N–H and O–H groups in total. The largest absolute Gasteiger partial charge is 0.477 e. The van der Waals surface area contributed by atoms with Gasteiger partial charge in [-0.05, 0) is 5.75 Å². The highest BCUT2D eigenvalue weighted by Gasteiger charge is 2.56. The lowest BCUT2D eigenvalue weighted by molar-refractivity contribution is -0.154. The molecule has 2 aliphatic rings. The van der Waals surface area contributed by atoms with Crippen molar-refractivity contribution in [2.75, 3.05) is 18.1 Å². The number of thioether (sulfide) groups is 2. The van der Waals surface area contributed by atoms with Crippen LogP contribution in [0.4, 0.5) is 0 Å². The Labute approximate surface area is 144 Å². The van der Waals surface area contributed by atoms with Crippen LogP contribution < -0.4 is 5.32 Å². The van der Waals surface area contributed by atoms with Gasteiger partial charge in [-0.15, -0.1) is 11.8 Å². The summed E-state index contributed by atoms with van der Waals surface area (Å²) in [5.41, 5.74) is 0.137. The fourth-order valence-electron chi connectivity index (χ4n) is 3.11. The molecule has 0 radical (unpaired) electrons. The van der Waals surface area contributed by atoms with Crippen molar-refractivity contribution in [1.82, 2.24) is 10.2 Å². The molecular weight excluding hydrogens is 336 g/mol. The molecule has 2 amide bonds. The first kappa shape index (κ1) is 18.2. The number of β-lactam (4-membered cyclic amide) rings is 1. The number of fused-ring (bicyclic) bond motifs is 1. The van der Waals surface area contributed by atoms with Crippen LogP contribution in [0.1, 0.15) is 27.2 Å². The maximum absolute atomic E-state index is 12.4. The number of hydrogen-bond donors (Lipinski definition) is 2. The van der Waals surface area contributed by atoms with E-state index in [1.54, 1.807) is 11.8 Å². The molecule has 1 fully saturated rings. The van der Waals surface area contributed by atoms with Gasteiger partial charge in [-0.1, -0.05) is 13.8 Å². The van der Waals surface area contributed by atoms with Gasteiger partial charge >= 0.3 is 5.97 Å². The molecule has 0 spiro atoms. The Morgan fingerprint density at radius 2 is 2.17 bits per heavy atom. The molecule has 2 rings (SSSR count). The molecule has 0 saturated carbocycles. The van der Waals surface area contributed by atoms with Crippen LogP contribution in [0.5, 0.6) is 0 Å². The lowest BCUT2D eigenvalue weighted by Gasteiger charge is -2.45. The van der Waals surface area contributed by atoms with Crippen molar-refractivity contribution in [2.24, 2.45) is 5.92 Å². The minimum atomic E-state index is -1.04. The smallest absolute Gasteiger partial charge is 0.353 e. The topological polar surface area (TPSA) is 86.7 Å². The summed E-state index contributed by atoms with van der Waals surface area (Å²) in [6, 6.07) is -0.0223. The van der Waals surface area contributed by atoms with E-state index in [0.29, 0.717) is 18.7 Å². The molecule has 0 aromatic rings. The number of amides is 2. The maximum atomic E-state index is 12.4. The average Bonchev–Trinajstić information content (AvgIpc) is 2.78. The highest BCUT2D eigenvalue weighted by atomic mass is 32.2. The quantitative estimate of drug-likeness (QED) is 0.505. The van der Waals surface area contributed by atoms with Crippen LogP contribution in [0.25, 0.3) is 0 Å². The summed E-state index contributed by atoms with van der Waals surface area (Å²) in [6.45, 7) is 6.03. The number of aliphatic carboxylic acids is 1. The van der Waals surface area contributed by atoms with Crippen LogP contribution in [0.2, 0.25) is 0 Å². The molecule has 3 atom stereocenters. The summed E-state index contributed by atoms with van der Waals surface area (Å²) in [5, 5.41) is 12.3. The van der Waals surface area contributed by atoms with Crippen molar-refractivity contribution in [3.8, 4) is 0 Å². The Balaban J connectivity index is 2.04. The Morgan fingerprint density at radius 3 is 2.74 bits per heavy atom. The van der Waals surface area contributed by atoms with Crippen LogP contribution in [-0.4, -0.2) is 57.1 Å². The standard InChI is InChI=1S/C15H22N2O4S2/c1-4-22-8(2)12-10-7-11(23-6-5-16-9(3)18)13(15(20)21)17(10)14(12)19/h8,10,12H,4-7H2,1-3H3,(H,16,18)(H,20,21)/t8?,10-,12-/m1/s1. The van der Waals surface area contributed by atoms with Crippen LogP contribution in [0.3, 0.4) is 0 Å². The number of carboxylic acids is 1. The highest BCUT2D eigenvalue weighted by molar-refractivity contribution is 8.03. The van der Waals surface area contributed by atoms with Gasteiger partial charge in [-0.25, -0.2) is 4.79 Å². The number of carbonyl (C=O) groups excluding carboxylic acids is 2. The summed E-state index contributed by atoms with van der Waals surface area (Å²) >= 11 is 3.16. The van der Waals surface area contributed by atoms with E-state index in [9.17, 15) is 19.5 Å². The van der Waals surface area contributed by atoms with E-state index in [1.807, 2.05) is 6.92 Å². The summed E-state index contributed by atoms with van der Waals surface area (Å²) in [5.74, 6) is 0.228. The zero-order valence-electron chi connectivity index (χ0n) is 13.5. The van der Waals surface area contributed by atoms with E-state index in [4.69, 9.17) is 0 Å². The molecule has 0 aliphatic carbocycles. The molecule has 8 heteroatoms. The molecule has 6 nitrogen and oxygen atoms in total. The Morgan fingerprint density at radius 1 is 1.48 bits per heavy atom. The van der Waals surface area contributed by atoms with E-state index in [2.05, 4.69) is 12.2 Å². The van der Waals surface area contributed by atoms with Crippen molar-refractivity contribution in [3.63, 3.8) is 0 Å². The lowest BCUT2D eigenvalue weighted by Crippen LogP contribution is -2.61.